The molecular formula is C10H15N3O3. The Morgan fingerprint density at radius 2 is 2.38 bits per heavy atom. The van der Waals surface area contributed by atoms with Crippen LogP contribution in [0.25, 0.3) is 0 Å². The zero-order chi connectivity index (χ0) is 12.2. The van der Waals surface area contributed by atoms with Gasteiger partial charge < -0.3 is 10.4 Å². The van der Waals surface area contributed by atoms with Crippen molar-refractivity contribution >= 4 is 11.5 Å². The van der Waals surface area contributed by atoms with E-state index in [0.29, 0.717) is 6.42 Å². The minimum absolute atomic E-state index is 0.0885. The number of aliphatic hydroxyl groups is 1. The van der Waals surface area contributed by atoms with Gasteiger partial charge in [-0.05, 0) is 19.4 Å². The molecule has 0 fully saturated rings. The Bertz CT molecular complexity index is 379. The normalized spacial score (nSPS) is 14.2. The summed E-state index contributed by atoms with van der Waals surface area (Å²) in [6, 6.07) is 2.87. The SMILES string of the molecule is CC[C@@](C)(O)CNc1ncccc1[N+](=O)[O-]. The van der Waals surface area contributed by atoms with Gasteiger partial charge in [-0.1, -0.05) is 6.92 Å². The highest BCUT2D eigenvalue weighted by molar-refractivity contribution is 5.55. The van der Waals surface area contributed by atoms with E-state index in [4.69, 9.17) is 0 Å². The lowest BCUT2D eigenvalue weighted by atomic mass is 10.0. The molecule has 6 heteroatoms. The van der Waals surface area contributed by atoms with Gasteiger partial charge in [-0.25, -0.2) is 4.98 Å². The quantitative estimate of drug-likeness (QED) is 0.586. The predicted octanol–water partition coefficient (Wildman–Crippen LogP) is 1.56. The topological polar surface area (TPSA) is 88.3 Å². The molecule has 1 atom stereocenters. The van der Waals surface area contributed by atoms with Crippen molar-refractivity contribution < 1.29 is 10.0 Å². The lowest BCUT2D eigenvalue weighted by Gasteiger charge is -2.21. The van der Waals surface area contributed by atoms with Crippen LogP contribution in [-0.2, 0) is 0 Å². The van der Waals surface area contributed by atoms with Gasteiger partial charge in [0.25, 0.3) is 0 Å². The molecule has 0 bridgehead atoms. The summed E-state index contributed by atoms with van der Waals surface area (Å²) in [6.45, 7) is 3.73. The van der Waals surface area contributed by atoms with Gasteiger partial charge in [-0.15, -0.1) is 0 Å². The average molecular weight is 225 g/mol. The summed E-state index contributed by atoms with van der Waals surface area (Å²) in [6.07, 6.45) is 2.02. The molecule has 0 amide bonds. The Morgan fingerprint density at radius 3 is 2.94 bits per heavy atom. The number of nitrogens with one attached hydrogen (secondary N) is 1. The molecule has 0 aliphatic carbocycles. The average Bonchev–Trinajstić information content (AvgIpc) is 2.27. The van der Waals surface area contributed by atoms with Gasteiger partial charge in [-0.3, -0.25) is 10.1 Å². The van der Waals surface area contributed by atoms with Crippen LogP contribution in [0.4, 0.5) is 11.5 Å². The fraction of sp³-hybridized carbons (Fsp3) is 0.500. The second kappa shape index (κ2) is 4.89. The monoisotopic (exact) mass is 225 g/mol. The molecule has 0 aliphatic rings. The van der Waals surface area contributed by atoms with Crippen LogP contribution in [0.1, 0.15) is 20.3 Å². The van der Waals surface area contributed by atoms with Crippen molar-refractivity contribution in [2.75, 3.05) is 11.9 Å². The number of anilines is 1. The third-order valence-corrected chi connectivity index (χ3v) is 2.38. The van der Waals surface area contributed by atoms with Gasteiger partial charge >= 0.3 is 5.69 Å². The van der Waals surface area contributed by atoms with Gasteiger partial charge in [0.15, 0.2) is 0 Å². The van der Waals surface area contributed by atoms with Crippen molar-refractivity contribution in [3.63, 3.8) is 0 Å². The molecule has 1 aromatic heterocycles. The van der Waals surface area contributed by atoms with Crippen molar-refractivity contribution in [2.45, 2.75) is 25.9 Å². The summed E-state index contributed by atoms with van der Waals surface area (Å²) in [5, 5.41) is 23.2. The Hall–Kier alpha value is -1.69. The summed E-state index contributed by atoms with van der Waals surface area (Å²) in [4.78, 5) is 14.0. The molecule has 0 saturated carbocycles. The number of aromatic nitrogens is 1. The minimum atomic E-state index is -0.897. The molecule has 0 aromatic carbocycles. The summed E-state index contributed by atoms with van der Waals surface area (Å²) in [5.74, 6) is 0.182. The first-order valence-electron chi connectivity index (χ1n) is 5.02. The molecule has 0 saturated heterocycles. The van der Waals surface area contributed by atoms with Crippen molar-refractivity contribution in [1.29, 1.82) is 0 Å². The lowest BCUT2D eigenvalue weighted by molar-refractivity contribution is -0.384. The Labute approximate surface area is 93.5 Å². The Morgan fingerprint density at radius 1 is 1.69 bits per heavy atom. The van der Waals surface area contributed by atoms with Crippen LogP contribution in [0.3, 0.4) is 0 Å². The maximum atomic E-state index is 10.7. The minimum Gasteiger partial charge on any atom is -0.388 e. The first-order chi connectivity index (χ1) is 7.46. The zero-order valence-electron chi connectivity index (χ0n) is 9.30. The predicted molar refractivity (Wildman–Crippen MR) is 60.3 cm³/mol. The lowest BCUT2D eigenvalue weighted by Crippen LogP contribution is -2.32. The molecule has 0 unspecified atom stereocenters. The van der Waals surface area contributed by atoms with E-state index in [-0.39, 0.29) is 18.1 Å². The molecule has 0 radical (unpaired) electrons. The Balaban J connectivity index is 2.78. The molecule has 1 rings (SSSR count). The van der Waals surface area contributed by atoms with E-state index in [1.807, 2.05) is 6.92 Å². The van der Waals surface area contributed by atoms with Crippen LogP contribution >= 0.6 is 0 Å². The van der Waals surface area contributed by atoms with Crippen LogP contribution in [0.2, 0.25) is 0 Å². The number of rotatable bonds is 5. The molecule has 16 heavy (non-hydrogen) atoms. The van der Waals surface area contributed by atoms with Gasteiger partial charge in [0.1, 0.15) is 0 Å². The summed E-state index contributed by atoms with van der Waals surface area (Å²) < 4.78 is 0. The fourth-order valence-electron chi connectivity index (χ4n) is 1.08. The standard InChI is InChI=1S/C10H15N3O3/c1-3-10(2,14)7-12-9-8(13(15)16)5-4-6-11-9/h4-6,14H,3,7H2,1-2H3,(H,11,12)/t10-/m1/s1. The van der Waals surface area contributed by atoms with E-state index in [2.05, 4.69) is 10.3 Å². The number of hydrogen-bond donors (Lipinski definition) is 2. The van der Waals surface area contributed by atoms with Gasteiger partial charge in [0.2, 0.25) is 5.82 Å². The molecule has 0 aliphatic heterocycles. The molecule has 1 aromatic rings. The maximum absolute atomic E-state index is 10.7. The molecular weight excluding hydrogens is 210 g/mol. The number of nitro groups is 1. The van der Waals surface area contributed by atoms with Gasteiger partial charge in [-0.2, -0.15) is 0 Å². The van der Waals surface area contributed by atoms with Crippen LogP contribution in [0, 0.1) is 10.1 Å². The zero-order valence-corrected chi connectivity index (χ0v) is 9.30. The molecule has 6 nitrogen and oxygen atoms in total. The molecule has 1 heterocycles. The highest BCUT2D eigenvalue weighted by atomic mass is 16.6. The van der Waals surface area contributed by atoms with Crippen LogP contribution < -0.4 is 5.32 Å². The molecule has 0 spiro atoms. The number of pyridine rings is 1. The first-order valence-corrected chi connectivity index (χ1v) is 5.02. The van der Waals surface area contributed by atoms with E-state index < -0.39 is 10.5 Å². The molecule has 2 N–H and O–H groups in total. The largest absolute Gasteiger partial charge is 0.388 e. The number of nitrogens with zero attached hydrogens (tertiary/aromatic N) is 2. The molecule has 88 valence electrons. The smallest absolute Gasteiger partial charge is 0.311 e. The third-order valence-electron chi connectivity index (χ3n) is 2.38. The van der Waals surface area contributed by atoms with Crippen molar-refractivity contribution in [3.8, 4) is 0 Å². The summed E-state index contributed by atoms with van der Waals surface area (Å²) >= 11 is 0. The first kappa shape index (κ1) is 12.4. The highest BCUT2D eigenvalue weighted by Crippen LogP contribution is 2.21. The van der Waals surface area contributed by atoms with E-state index >= 15 is 0 Å². The van der Waals surface area contributed by atoms with E-state index in [0.717, 1.165) is 0 Å². The summed E-state index contributed by atoms with van der Waals surface area (Å²) in [7, 11) is 0. The third kappa shape index (κ3) is 3.16. The fourth-order valence-corrected chi connectivity index (χ4v) is 1.08. The van der Waals surface area contributed by atoms with Gasteiger partial charge in [0, 0.05) is 18.8 Å². The van der Waals surface area contributed by atoms with Crippen LogP contribution in [-0.4, -0.2) is 27.2 Å². The highest BCUT2D eigenvalue weighted by Gasteiger charge is 2.20. The van der Waals surface area contributed by atoms with E-state index in [1.165, 1.54) is 18.3 Å². The maximum Gasteiger partial charge on any atom is 0.311 e. The van der Waals surface area contributed by atoms with Crippen molar-refractivity contribution in [1.82, 2.24) is 4.98 Å². The number of hydrogen-bond acceptors (Lipinski definition) is 5. The summed E-state index contributed by atoms with van der Waals surface area (Å²) in [5.41, 5.74) is -0.986. The van der Waals surface area contributed by atoms with E-state index in [1.54, 1.807) is 6.92 Å². The second-order valence-corrected chi connectivity index (χ2v) is 3.83. The van der Waals surface area contributed by atoms with Crippen molar-refractivity contribution in [3.05, 3.63) is 28.4 Å². The van der Waals surface area contributed by atoms with Crippen molar-refractivity contribution in [2.24, 2.45) is 0 Å². The second-order valence-electron chi connectivity index (χ2n) is 3.83. The van der Waals surface area contributed by atoms with Crippen LogP contribution in [0.5, 0.6) is 0 Å². The van der Waals surface area contributed by atoms with Gasteiger partial charge in [0.05, 0.1) is 10.5 Å². The van der Waals surface area contributed by atoms with E-state index in [9.17, 15) is 15.2 Å². The van der Waals surface area contributed by atoms with Crippen LogP contribution in [0.15, 0.2) is 18.3 Å². The Kier molecular flexibility index (Phi) is 3.78.